The molecular formula is C24H20N2O6. The van der Waals surface area contributed by atoms with Gasteiger partial charge < -0.3 is 14.2 Å². The summed E-state index contributed by atoms with van der Waals surface area (Å²) in [7, 11) is 3.03. The standard InChI is InChI=1S/C24H20N2O6/c1-30-20-5-3-4-17(21(20)31-2)14-32-24(29)16-6-7-18-19(12-16)23(28)26(22(18)27)13-15-8-10-25-11-9-15/h3-12H,13-14H2,1-2H3. The van der Waals surface area contributed by atoms with Gasteiger partial charge in [0.1, 0.15) is 6.61 Å². The Balaban J connectivity index is 1.50. The number of hydrogen-bond donors (Lipinski definition) is 0. The van der Waals surface area contributed by atoms with Gasteiger partial charge >= 0.3 is 5.97 Å². The van der Waals surface area contributed by atoms with Crippen molar-refractivity contribution < 1.29 is 28.6 Å². The van der Waals surface area contributed by atoms with Crippen molar-refractivity contribution in [3.05, 3.63) is 88.7 Å². The zero-order valence-electron chi connectivity index (χ0n) is 17.5. The highest BCUT2D eigenvalue weighted by Crippen LogP contribution is 2.31. The maximum absolute atomic E-state index is 12.8. The highest BCUT2D eigenvalue weighted by Gasteiger charge is 2.36. The zero-order chi connectivity index (χ0) is 22.7. The second-order valence-corrected chi connectivity index (χ2v) is 7.04. The number of methoxy groups -OCH3 is 2. The van der Waals surface area contributed by atoms with Crippen LogP contribution in [0.3, 0.4) is 0 Å². The average Bonchev–Trinajstić information content (AvgIpc) is 3.07. The highest BCUT2D eigenvalue weighted by atomic mass is 16.5. The molecule has 2 amide bonds. The Bertz CT molecular complexity index is 1190. The molecule has 162 valence electrons. The first-order valence-electron chi connectivity index (χ1n) is 9.79. The third-order valence-electron chi connectivity index (χ3n) is 5.14. The number of benzene rings is 2. The number of carbonyl (C=O) groups is 3. The summed E-state index contributed by atoms with van der Waals surface area (Å²) < 4.78 is 16.0. The van der Waals surface area contributed by atoms with Crippen molar-refractivity contribution >= 4 is 17.8 Å². The average molecular weight is 432 g/mol. The van der Waals surface area contributed by atoms with Crippen LogP contribution in [0.1, 0.15) is 42.2 Å². The van der Waals surface area contributed by atoms with Crippen LogP contribution in [0.5, 0.6) is 11.5 Å². The summed E-state index contributed by atoms with van der Waals surface area (Å²) in [6.07, 6.45) is 3.19. The van der Waals surface area contributed by atoms with Gasteiger partial charge in [0, 0.05) is 18.0 Å². The minimum Gasteiger partial charge on any atom is -0.493 e. The molecule has 0 saturated heterocycles. The quantitative estimate of drug-likeness (QED) is 0.418. The first kappa shape index (κ1) is 21.0. The molecule has 0 atom stereocenters. The van der Waals surface area contributed by atoms with Crippen LogP contribution in [0.25, 0.3) is 0 Å². The van der Waals surface area contributed by atoms with Crippen LogP contribution in [0.4, 0.5) is 0 Å². The number of pyridine rings is 1. The lowest BCUT2D eigenvalue weighted by Crippen LogP contribution is -2.29. The molecule has 4 rings (SSSR count). The first-order chi connectivity index (χ1) is 15.5. The van der Waals surface area contributed by atoms with Crippen LogP contribution in [0.15, 0.2) is 60.9 Å². The molecule has 0 bridgehead atoms. The van der Waals surface area contributed by atoms with E-state index in [-0.39, 0.29) is 29.8 Å². The smallest absolute Gasteiger partial charge is 0.338 e. The van der Waals surface area contributed by atoms with Gasteiger partial charge in [0.05, 0.1) is 37.5 Å². The van der Waals surface area contributed by atoms with Crippen molar-refractivity contribution in [1.29, 1.82) is 0 Å². The number of amides is 2. The van der Waals surface area contributed by atoms with Gasteiger partial charge in [-0.05, 0) is 42.0 Å². The van der Waals surface area contributed by atoms with Gasteiger partial charge in [-0.25, -0.2) is 4.79 Å². The van der Waals surface area contributed by atoms with E-state index in [9.17, 15) is 14.4 Å². The summed E-state index contributed by atoms with van der Waals surface area (Å²) in [4.78, 5) is 43.2. The molecule has 0 aliphatic carbocycles. The topological polar surface area (TPSA) is 95.0 Å². The van der Waals surface area contributed by atoms with Gasteiger partial charge in [-0.1, -0.05) is 12.1 Å². The summed E-state index contributed by atoms with van der Waals surface area (Å²) in [5.41, 5.74) is 2.03. The van der Waals surface area contributed by atoms with Crippen LogP contribution >= 0.6 is 0 Å². The molecule has 2 aromatic carbocycles. The summed E-state index contributed by atoms with van der Waals surface area (Å²) >= 11 is 0. The highest BCUT2D eigenvalue weighted by molar-refractivity contribution is 6.21. The number of hydrogen-bond acceptors (Lipinski definition) is 7. The van der Waals surface area contributed by atoms with E-state index in [1.165, 1.54) is 32.4 Å². The Kier molecular flexibility index (Phi) is 5.85. The predicted octanol–water partition coefficient (Wildman–Crippen LogP) is 3.25. The Morgan fingerprint density at radius 1 is 0.938 bits per heavy atom. The number of ether oxygens (including phenoxy) is 3. The molecule has 0 spiro atoms. The van der Waals surface area contributed by atoms with E-state index in [1.54, 1.807) is 42.7 Å². The molecule has 2 heterocycles. The number of carbonyl (C=O) groups excluding carboxylic acids is 3. The van der Waals surface area contributed by atoms with E-state index >= 15 is 0 Å². The van der Waals surface area contributed by atoms with Crippen LogP contribution in [-0.2, 0) is 17.9 Å². The van der Waals surface area contributed by atoms with Crippen molar-refractivity contribution in [2.45, 2.75) is 13.2 Å². The van der Waals surface area contributed by atoms with Crippen molar-refractivity contribution in [2.75, 3.05) is 14.2 Å². The van der Waals surface area contributed by atoms with Crippen molar-refractivity contribution in [3.63, 3.8) is 0 Å². The molecule has 1 aromatic heterocycles. The molecule has 0 saturated carbocycles. The summed E-state index contributed by atoms with van der Waals surface area (Å²) in [6, 6.07) is 13.1. The monoisotopic (exact) mass is 432 g/mol. The third kappa shape index (κ3) is 3.90. The van der Waals surface area contributed by atoms with Gasteiger partial charge in [0.15, 0.2) is 11.5 Å². The number of fused-ring (bicyclic) bond motifs is 1. The molecule has 8 heteroatoms. The zero-order valence-corrected chi connectivity index (χ0v) is 17.5. The SMILES string of the molecule is COc1cccc(COC(=O)c2ccc3c(c2)C(=O)N(Cc2ccncc2)C3=O)c1OC. The van der Waals surface area contributed by atoms with E-state index < -0.39 is 17.8 Å². The summed E-state index contributed by atoms with van der Waals surface area (Å²) in [6.45, 7) is 0.0849. The lowest BCUT2D eigenvalue weighted by atomic mass is 10.1. The molecular weight excluding hydrogens is 412 g/mol. The molecule has 3 aromatic rings. The lowest BCUT2D eigenvalue weighted by molar-refractivity contribution is 0.0469. The van der Waals surface area contributed by atoms with Crippen LogP contribution in [0.2, 0.25) is 0 Å². The molecule has 1 aliphatic rings. The fourth-order valence-corrected chi connectivity index (χ4v) is 3.53. The van der Waals surface area contributed by atoms with Crippen LogP contribution in [-0.4, -0.2) is 41.9 Å². The molecule has 0 radical (unpaired) electrons. The van der Waals surface area contributed by atoms with Crippen molar-refractivity contribution in [1.82, 2.24) is 9.88 Å². The van der Waals surface area contributed by atoms with Gasteiger partial charge in [0.25, 0.3) is 11.8 Å². The second-order valence-electron chi connectivity index (χ2n) is 7.04. The number of aromatic nitrogens is 1. The summed E-state index contributed by atoms with van der Waals surface area (Å²) in [5, 5.41) is 0. The Morgan fingerprint density at radius 2 is 1.69 bits per heavy atom. The number of nitrogens with zero attached hydrogens (tertiary/aromatic N) is 2. The maximum Gasteiger partial charge on any atom is 0.338 e. The predicted molar refractivity (Wildman–Crippen MR) is 114 cm³/mol. The van der Waals surface area contributed by atoms with E-state index in [0.29, 0.717) is 17.1 Å². The minimum absolute atomic E-state index is 0.0443. The number of imide groups is 1. The van der Waals surface area contributed by atoms with E-state index in [4.69, 9.17) is 14.2 Å². The molecule has 1 aliphatic heterocycles. The largest absolute Gasteiger partial charge is 0.493 e. The van der Waals surface area contributed by atoms with Gasteiger partial charge in [-0.2, -0.15) is 0 Å². The Labute approximate surface area is 184 Å². The lowest BCUT2D eigenvalue weighted by Gasteiger charge is -2.13. The van der Waals surface area contributed by atoms with E-state index in [1.807, 2.05) is 0 Å². The number of rotatable bonds is 7. The molecule has 0 N–H and O–H groups in total. The second kappa shape index (κ2) is 8.89. The fourth-order valence-electron chi connectivity index (χ4n) is 3.53. The first-order valence-corrected chi connectivity index (χ1v) is 9.79. The van der Waals surface area contributed by atoms with Gasteiger partial charge in [0.2, 0.25) is 0 Å². The van der Waals surface area contributed by atoms with Gasteiger partial charge in [-0.3, -0.25) is 19.5 Å². The van der Waals surface area contributed by atoms with Crippen molar-refractivity contribution in [3.8, 4) is 11.5 Å². The molecule has 0 fully saturated rings. The number of para-hydroxylation sites is 1. The van der Waals surface area contributed by atoms with Crippen LogP contribution < -0.4 is 9.47 Å². The number of esters is 1. The van der Waals surface area contributed by atoms with Crippen molar-refractivity contribution in [2.24, 2.45) is 0 Å². The van der Waals surface area contributed by atoms with Crippen LogP contribution in [0, 0.1) is 0 Å². The molecule has 0 unspecified atom stereocenters. The third-order valence-corrected chi connectivity index (χ3v) is 5.14. The fraction of sp³-hybridized carbons (Fsp3) is 0.167. The maximum atomic E-state index is 12.8. The Morgan fingerprint density at radius 3 is 2.41 bits per heavy atom. The van der Waals surface area contributed by atoms with Gasteiger partial charge in [-0.15, -0.1) is 0 Å². The normalized spacial score (nSPS) is 12.5. The van der Waals surface area contributed by atoms with E-state index in [2.05, 4.69) is 4.98 Å². The Hall–Kier alpha value is -4.20. The molecule has 8 nitrogen and oxygen atoms in total. The molecule has 32 heavy (non-hydrogen) atoms. The van der Waals surface area contributed by atoms with E-state index in [0.717, 1.165) is 10.5 Å². The summed E-state index contributed by atoms with van der Waals surface area (Å²) in [5.74, 6) is -0.472. The minimum atomic E-state index is -0.620.